The molecule has 3 unspecified atom stereocenters. The lowest BCUT2D eigenvalue weighted by Crippen LogP contribution is -2.49. The van der Waals surface area contributed by atoms with E-state index in [0.29, 0.717) is 12.8 Å². The smallest absolute Gasteiger partial charge is 0.307 e. The fourth-order valence-corrected chi connectivity index (χ4v) is 3.64. The highest BCUT2D eigenvalue weighted by atomic mass is 32.2. The second-order valence-corrected chi connectivity index (χ2v) is 6.10. The van der Waals surface area contributed by atoms with Crippen LogP contribution in [0.15, 0.2) is 12.2 Å². The minimum atomic E-state index is -0.850. The predicted octanol–water partition coefficient (Wildman–Crippen LogP) is 1.62. The fraction of sp³-hybridized carbons (Fsp3) is 0.692. The van der Waals surface area contributed by atoms with Crippen molar-refractivity contribution < 1.29 is 14.7 Å². The number of aliphatic carboxylic acids is 1. The van der Waals surface area contributed by atoms with Gasteiger partial charge in [0, 0.05) is 24.1 Å². The number of hydrogen-bond donors (Lipinski definition) is 1. The number of carbonyl (C=O) groups excluding carboxylic acids is 1. The molecule has 1 aliphatic carbocycles. The number of carboxylic acid groups (broad SMARTS) is 1. The highest BCUT2D eigenvalue weighted by molar-refractivity contribution is 7.99. The van der Waals surface area contributed by atoms with E-state index in [9.17, 15) is 14.7 Å². The first-order chi connectivity index (χ1) is 8.61. The summed E-state index contributed by atoms with van der Waals surface area (Å²) in [6, 6.07) is 0.219. The predicted molar refractivity (Wildman–Crippen MR) is 71.5 cm³/mol. The van der Waals surface area contributed by atoms with Gasteiger partial charge in [-0.15, -0.1) is 0 Å². The van der Waals surface area contributed by atoms with Gasteiger partial charge in [-0.2, -0.15) is 11.8 Å². The van der Waals surface area contributed by atoms with Crippen LogP contribution in [0.25, 0.3) is 0 Å². The number of thioether (sulfide) groups is 1. The van der Waals surface area contributed by atoms with Crippen molar-refractivity contribution in [3.8, 4) is 0 Å². The highest BCUT2D eigenvalue weighted by Gasteiger charge is 2.38. The molecule has 1 amide bonds. The Morgan fingerprint density at radius 1 is 1.28 bits per heavy atom. The van der Waals surface area contributed by atoms with Gasteiger partial charge in [-0.05, 0) is 19.8 Å². The average molecular weight is 269 g/mol. The monoisotopic (exact) mass is 269 g/mol. The van der Waals surface area contributed by atoms with Crippen molar-refractivity contribution in [1.29, 1.82) is 0 Å². The van der Waals surface area contributed by atoms with Gasteiger partial charge in [0.1, 0.15) is 0 Å². The molecule has 0 saturated carbocycles. The summed E-state index contributed by atoms with van der Waals surface area (Å²) >= 11 is 1.85. The largest absolute Gasteiger partial charge is 0.481 e. The van der Waals surface area contributed by atoms with Gasteiger partial charge in [0.15, 0.2) is 0 Å². The van der Waals surface area contributed by atoms with Crippen LogP contribution in [0.3, 0.4) is 0 Å². The van der Waals surface area contributed by atoms with Gasteiger partial charge in [-0.25, -0.2) is 0 Å². The summed E-state index contributed by atoms with van der Waals surface area (Å²) in [4.78, 5) is 25.6. The second-order valence-electron chi connectivity index (χ2n) is 4.95. The summed E-state index contributed by atoms with van der Waals surface area (Å²) in [7, 11) is 0. The van der Waals surface area contributed by atoms with E-state index in [4.69, 9.17) is 0 Å². The van der Waals surface area contributed by atoms with E-state index in [1.807, 2.05) is 35.7 Å². The quantitative estimate of drug-likeness (QED) is 0.774. The Bertz CT molecular complexity index is 369. The third kappa shape index (κ3) is 2.71. The molecule has 100 valence electrons. The molecule has 0 bridgehead atoms. The fourth-order valence-electron chi connectivity index (χ4n) is 2.63. The molecule has 18 heavy (non-hydrogen) atoms. The molecule has 0 aromatic heterocycles. The van der Waals surface area contributed by atoms with Crippen LogP contribution in [0.1, 0.15) is 19.8 Å². The number of carbonyl (C=O) groups is 2. The first-order valence-corrected chi connectivity index (χ1v) is 7.52. The molecule has 2 rings (SSSR count). The van der Waals surface area contributed by atoms with Crippen LogP contribution < -0.4 is 0 Å². The van der Waals surface area contributed by atoms with E-state index < -0.39 is 11.9 Å². The number of carboxylic acids is 1. The Hall–Kier alpha value is -0.970. The molecule has 5 heteroatoms. The van der Waals surface area contributed by atoms with Gasteiger partial charge in [0.25, 0.3) is 0 Å². The zero-order valence-electron chi connectivity index (χ0n) is 10.5. The topological polar surface area (TPSA) is 57.6 Å². The van der Waals surface area contributed by atoms with E-state index in [-0.39, 0.29) is 17.9 Å². The summed E-state index contributed by atoms with van der Waals surface area (Å²) in [6.45, 7) is 2.79. The number of amides is 1. The zero-order chi connectivity index (χ0) is 13.1. The van der Waals surface area contributed by atoms with E-state index >= 15 is 0 Å². The number of allylic oxidation sites excluding steroid dienone is 2. The van der Waals surface area contributed by atoms with Crippen molar-refractivity contribution in [3.63, 3.8) is 0 Å². The van der Waals surface area contributed by atoms with Gasteiger partial charge in [0.05, 0.1) is 11.8 Å². The maximum absolute atomic E-state index is 12.5. The normalized spacial score (nSPS) is 32.3. The van der Waals surface area contributed by atoms with Crippen LogP contribution in [-0.2, 0) is 9.59 Å². The SMILES string of the molecule is CC1CSCCN1C(=O)C1CC=CCC1C(=O)O. The minimum Gasteiger partial charge on any atom is -0.481 e. The lowest BCUT2D eigenvalue weighted by Gasteiger charge is -2.37. The molecular weight excluding hydrogens is 250 g/mol. The molecule has 1 saturated heterocycles. The first kappa shape index (κ1) is 13.5. The first-order valence-electron chi connectivity index (χ1n) is 6.37. The Morgan fingerprint density at radius 3 is 2.56 bits per heavy atom. The molecule has 1 fully saturated rings. The van der Waals surface area contributed by atoms with Crippen LogP contribution in [0.5, 0.6) is 0 Å². The summed E-state index contributed by atoms with van der Waals surface area (Å²) in [5.74, 6) is 0.154. The molecule has 2 aliphatic rings. The van der Waals surface area contributed by atoms with Crippen LogP contribution in [-0.4, -0.2) is 46.0 Å². The van der Waals surface area contributed by atoms with E-state index in [0.717, 1.165) is 18.1 Å². The molecular formula is C13H19NO3S. The Labute approximate surface area is 111 Å². The molecule has 3 atom stereocenters. The molecule has 1 N–H and O–H groups in total. The third-order valence-electron chi connectivity index (χ3n) is 3.72. The van der Waals surface area contributed by atoms with Crippen molar-refractivity contribution in [1.82, 2.24) is 4.90 Å². The summed E-state index contributed by atoms with van der Waals surface area (Å²) < 4.78 is 0. The lowest BCUT2D eigenvalue weighted by molar-refractivity contribution is -0.151. The van der Waals surface area contributed by atoms with Crippen LogP contribution in [0.2, 0.25) is 0 Å². The van der Waals surface area contributed by atoms with Gasteiger partial charge in [-0.3, -0.25) is 9.59 Å². The molecule has 1 aliphatic heterocycles. The second kappa shape index (κ2) is 5.78. The van der Waals surface area contributed by atoms with Gasteiger partial charge < -0.3 is 10.0 Å². The van der Waals surface area contributed by atoms with E-state index in [1.165, 1.54) is 0 Å². The third-order valence-corrected chi connectivity index (χ3v) is 4.91. The standard InChI is InChI=1S/C13H19NO3S/c1-9-8-18-7-6-14(9)12(15)10-4-2-3-5-11(10)13(16)17/h2-3,9-11H,4-8H2,1H3,(H,16,17). The van der Waals surface area contributed by atoms with Crippen molar-refractivity contribution >= 4 is 23.6 Å². The molecule has 1 heterocycles. The highest BCUT2D eigenvalue weighted by Crippen LogP contribution is 2.29. The van der Waals surface area contributed by atoms with E-state index in [1.54, 1.807) is 0 Å². The summed E-state index contributed by atoms with van der Waals surface area (Å²) in [5, 5.41) is 9.21. The summed E-state index contributed by atoms with van der Waals surface area (Å²) in [5.41, 5.74) is 0. The number of nitrogens with zero attached hydrogens (tertiary/aromatic N) is 1. The Kier molecular flexibility index (Phi) is 4.32. The maximum Gasteiger partial charge on any atom is 0.307 e. The van der Waals surface area contributed by atoms with Gasteiger partial charge in [-0.1, -0.05) is 12.2 Å². The van der Waals surface area contributed by atoms with Crippen molar-refractivity contribution in [2.45, 2.75) is 25.8 Å². The molecule has 0 aromatic rings. The Balaban J connectivity index is 2.11. The maximum atomic E-state index is 12.5. The van der Waals surface area contributed by atoms with Crippen molar-refractivity contribution in [2.24, 2.45) is 11.8 Å². The minimum absolute atomic E-state index is 0.0274. The molecule has 0 spiro atoms. The average Bonchev–Trinajstić information content (AvgIpc) is 2.38. The summed E-state index contributed by atoms with van der Waals surface area (Å²) in [6.07, 6.45) is 4.85. The van der Waals surface area contributed by atoms with Crippen molar-refractivity contribution in [3.05, 3.63) is 12.2 Å². The van der Waals surface area contributed by atoms with Gasteiger partial charge >= 0.3 is 5.97 Å². The van der Waals surface area contributed by atoms with Crippen LogP contribution in [0, 0.1) is 11.8 Å². The van der Waals surface area contributed by atoms with E-state index in [2.05, 4.69) is 0 Å². The molecule has 0 radical (unpaired) electrons. The molecule has 4 nitrogen and oxygen atoms in total. The zero-order valence-corrected chi connectivity index (χ0v) is 11.4. The van der Waals surface area contributed by atoms with Crippen molar-refractivity contribution in [2.75, 3.05) is 18.1 Å². The lowest BCUT2D eigenvalue weighted by atomic mass is 9.82. The number of hydrogen-bond acceptors (Lipinski definition) is 3. The van der Waals surface area contributed by atoms with Crippen LogP contribution in [0.4, 0.5) is 0 Å². The molecule has 0 aromatic carbocycles. The Morgan fingerprint density at radius 2 is 1.94 bits per heavy atom. The number of rotatable bonds is 2. The van der Waals surface area contributed by atoms with Gasteiger partial charge in [0.2, 0.25) is 5.91 Å². The van der Waals surface area contributed by atoms with Crippen LogP contribution >= 0.6 is 11.8 Å².